The molecular weight excluding hydrogens is 219 g/mol. The summed E-state index contributed by atoms with van der Waals surface area (Å²) in [6.07, 6.45) is 2.87. The molecule has 0 spiro atoms. The van der Waals surface area contributed by atoms with E-state index in [-0.39, 0.29) is 5.69 Å². The van der Waals surface area contributed by atoms with Crippen molar-refractivity contribution in [3.8, 4) is 5.69 Å². The fourth-order valence-corrected chi connectivity index (χ4v) is 1.38. The highest BCUT2D eigenvalue weighted by Gasteiger charge is 2.13. The van der Waals surface area contributed by atoms with Crippen molar-refractivity contribution in [3.05, 3.63) is 42.0 Å². The van der Waals surface area contributed by atoms with Crippen LogP contribution in [0.25, 0.3) is 5.69 Å². The molecule has 1 aromatic carbocycles. The molecule has 16 heavy (non-hydrogen) atoms. The van der Waals surface area contributed by atoms with E-state index in [0.717, 1.165) is 6.07 Å². The zero-order valence-electron chi connectivity index (χ0n) is 8.34. The maximum absolute atomic E-state index is 13.4. The highest BCUT2D eigenvalue weighted by molar-refractivity contribution is 5.42. The Hall–Kier alpha value is -1.98. The fourth-order valence-electron chi connectivity index (χ4n) is 1.38. The van der Waals surface area contributed by atoms with E-state index in [1.54, 1.807) is 7.05 Å². The largest absolute Gasteiger partial charge is 0.358 e. The summed E-state index contributed by atoms with van der Waals surface area (Å²) in [5, 5.41) is 2.70. The number of imidazole rings is 1. The van der Waals surface area contributed by atoms with Crippen LogP contribution < -0.4 is 5.32 Å². The Morgan fingerprint density at radius 3 is 2.50 bits per heavy atom. The van der Waals surface area contributed by atoms with Gasteiger partial charge in [-0.25, -0.2) is 18.2 Å². The molecule has 3 nitrogen and oxygen atoms in total. The third kappa shape index (κ3) is 1.62. The van der Waals surface area contributed by atoms with E-state index in [2.05, 4.69) is 10.3 Å². The molecule has 0 aliphatic heterocycles. The third-order valence-corrected chi connectivity index (χ3v) is 2.11. The number of hydrogen-bond donors (Lipinski definition) is 1. The average molecular weight is 227 g/mol. The first-order valence-corrected chi connectivity index (χ1v) is 4.49. The lowest BCUT2D eigenvalue weighted by molar-refractivity contribution is 0.493. The standard InChI is InChI=1S/C10H8F3N3/c1-14-10-15-2-3-16(10)9-5-7(12)6(11)4-8(9)13/h2-5H,1H3,(H,14,15). The van der Waals surface area contributed by atoms with Crippen LogP contribution in [-0.4, -0.2) is 16.6 Å². The van der Waals surface area contributed by atoms with Gasteiger partial charge in [0.15, 0.2) is 11.6 Å². The third-order valence-electron chi connectivity index (χ3n) is 2.11. The average Bonchev–Trinajstić information content (AvgIpc) is 2.71. The maximum atomic E-state index is 13.4. The van der Waals surface area contributed by atoms with Gasteiger partial charge in [0, 0.05) is 31.6 Å². The second-order valence-corrected chi connectivity index (χ2v) is 3.09. The summed E-state index contributed by atoms with van der Waals surface area (Å²) in [5.74, 6) is -2.84. The first kappa shape index (κ1) is 10.5. The molecule has 0 saturated heterocycles. The van der Waals surface area contributed by atoms with Gasteiger partial charge in [0.25, 0.3) is 0 Å². The molecule has 84 valence electrons. The molecule has 6 heteroatoms. The summed E-state index contributed by atoms with van der Waals surface area (Å²) in [6.45, 7) is 0. The maximum Gasteiger partial charge on any atom is 0.207 e. The number of halogens is 3. The van der Waals surface area contributed by atoms with Gasteiger partial charge >= 0.3 is 0 Å². The summed E-state index contributed by atoms with van der Waals surface area (Å²) in [7, 11) is 1.59. The van der Waals surface area contributed by atoms with Crippen LogP contribution in [0.15, 0.2) is 24.5 Å². The summed E-state index contributed by atoms with van der Waals surface area (Å²) >= 11 is 0. The number of nitrogens with one attached hydrogen (secondary N) is 1. The predicted molar refractivity (Wildman–Crippen MR) is 53.0 cm³/mol. The Bertz CT molecular complexity index is 522. The van der Waals surface area contributed by atoms with E-state index in [1.807, 2.05) is 0 Å². The van der Waals surface area contributed by atoms with Crippen LogP contribution >= 0.6 is 0 Å². The lowest BCUT2D eigenvalue weighted by Crippen LogP contribution is -2.04. The second-order valence-electron chi connectivity index (χ2n) is 3.09. The van der Waals surface area contributed by atoms with Gasteiger partial charge in [-0.1, -0.05) is 0 Å². The zero-order chi connectivity index (χ0) is 11.7. The van der Waals surface area contributed by atoms with E-state index >= 15 is 0 Å². The minimum Gasteiger partial charge on any atom is -0.358 e. The minimum atomic E-state index is -1.22. The first-order chi connectivity index (χ1) is 7.63. The highest BCUT2D eigenvalue weighted by atomic mass is 19.2. The van der Waals surface area contributed by atoms with Crippen LogP contribution in [0.3, 0.4) is 0 Å². The molecule has 0 saturated carbocycles. The van der Waals surface area contributed by atoms with Gasteiger partial charge in [0.2, 0.25) is 5.95 Å². The quantitative estimate of drug-likeness (QED) is 0.798. The Kier molecular flexibility index (Phi) is 2.55. The van der Waals surface area contributed by atoms with E-state index in [0.29, 0.717) is 12.0 Å². The van der Waals surface area contributed by atoms with Crippen LogP contribution in [0.2, 0.25) is 0 Å². The molecule has 2 rings (SSSR count). The Morgan fingerprint density at radius 1 is 1.12 bits per heavy atom. The van der Waals surface area contributed by atoms with Gasteiger partial charge in [-0.15, -0.1) is 0 Å². The van der Waals surface area contributed by atoms with E-state index in [4.69, 9.17) is 0 Å². The van der Waals surface area contributed by atoms with Crippen LogP contribution in [-0.2, 0) is 0 Å². The van der Waals surface area contributed by atoms with Crippen molar-refractivity contribution in [1.82, 2.24) is 9.55 Å². The molecule has 2 aromatic rings. The molecule has 0 bridgehead atoms. The smallest absolute Gasteiger partial charge is 0.207 e. The number of benzene rings is 1. The monoisotopic (exact) mass is 227 g/mol. The molecule has 1 heterocycles. The number of nitrogens with zero attached hydrogens (tertiary/aromatic N) is 2. The van der Waals surface area contributed by atoms with Crippen molar-refractivity contribution in [2.75, 3.05) is 12.4 Å². The fraction of sp³-hybridized carbons (Fsp3) is 0.100. The van der Waals surface area contributed by atoms with Crippen LogP contribution in [0.1, 0.15) is 0 Å². The van der Waals surface area contributed by atoms with Gasteiger partial charge in [-0.3, -0.25) is 4.57 Å². The van der Waals surface area contributed by atoms with E-state index < -0.39 is 17.5 Å². The Balaban J connectivity index is 2.60. The molecule has 0 aliphatic rings. The van der Waals surface area contributed by atoms with Crippen LogP contribution in [0.4, 0.5) is 19.1 Å². The Labute approximate surface area is 89.5 Å². The molecule has 0 aliphatic carbocycles. The molecule has 0 radical (unpaired) electrons. The van der Waals surface area contributed by atoms with Crippen molar-refractivity contribution in [2.45, 2.75) is 0 Å². The zero-order valence-corrected chi connectivity index (χ0v) is 8.34. The molecule has 0 atom stereocenters. The number of aromatic nitrogens is 2. The van der Waals surface area contributed by atoms with E-state index in [9.17, 15) is 13.2 Å². The van der Waals surface area contributed by atoms with Crippen molar-refractivity contribution >= 4 is 5.95 Å². The lowest BCUT2D eigenvalue weighted by Gasteiger charge is -2.08. The number of rotatable bonds is 2. The van der Waals surface area contributed by atoms with Crippen molar-refractivity contribution < 1.29 is 13.2 Å². The summed E-state index contributed by atoms with van der Waals surface area (Å²) in [5.41, 5.74) is -0.0965. The highest BCUT2D eigenvalue weighted by Crippen LogP contribution is 2.20. The van der Waals surface area contributed by atoms with Gasteiger partial charge in [0.05, 0.1) is 5.69 Å². The van der Waals surface area contributed by atoms with Crippen molar-refractivity contribution in [1.29, 1.82) is 0 Å². The molecule has 1 N–H and O–H groups in total. The van der Waals surface area contributed by atoms with Gasteiger partial charge < -0.3 is 5.32 Å². The molecular formula is C10H8F3N3. The predicted octanol–water partition coefficient (Wildman–Crippen LogP) is 2.33. The minimum absolute atomic E-state index is 0.0965. The first-order valence-electron chi connectivity index (χ1n) is 4.49. The van der Waals surface area contributed by atoms with Crippen LogP contribution in [0, 0.1) is 17.5 Å². The van der Waals surface area contributed by atoms with Gasteiger partial charge in [0.1, 0.15) is 5.82 Å². The summed E-state index contributed by atoms with van der Waals surface area (Å²) in [4.78, 5) is 3.87. The Morgan fingerprint density at radius 2 is 1.81 bits per heavy atom. The van der Waals surface area contributed by atoms with E-state index in [1.165, 1.54) is 17.0 Å². The summed E-state index contributed by atoms with van der Waals surface area (Å²) in [6, 6.07) is 1.29. The molecule has 1 aromatic heterocycles. The molecule has 0 fully saturated rings. The van der Waals surface area contributed by atoms with Gasteiger partial charge in [-0.2, -0.15) is 0 Å². The SMILES string of the molecule is CNc1nccn1-c1cc(F)c(F)cc1F. The van der Waals surface area contributed by atoms with Crippen molar-refractivity contribution in [3.63, 3.8) is 0 Å². The normalized spacial score (nSPS) is 10.5. The lowest BCUT2D eigenvalue weighted by atomic mass is 10.3. The van der Waals surface area contributed by atoms with Crippen molar-refractivity contribution in [2.24, 2.45) is 0 Å². The summed E-state index contributed by atoms with van der Waals surface area (Å²) < 4.78 is 40.4. The van der Waals surface area contributed by atoms with Crippen LogP contribution in [0.5, 0.6) is 0 Å². The second kappa shape index (κ2) is 3.88. The topological polar surface area (TPSA) is 29.9 Å². The number of anilines is 1. The number of hydrogen-bond acceptors (Lipinski definition) is 2. The molecule has 0 amide bonds. The molecule has 0 unspecified atom stereocenters. The van der Waals surface area contributed by atoms with Gasteiger partial charge in [-0.05, 0) is 0 Å².